The van der Waals surface area contributed by atoms with Gasteiger partial charge in [-0.15, -0.1) is 0 Å². The van der Waals surface area contributed by atoms with Gasteiger partial charge in [-0.2, -0.15) is 0 Å². The lowest BCUT2D eigenvalue weighted by molar-refractivity contribution is 0.836. The number of hydrogen-bond donors (Lipinski definition) is 2. The number of H-pyrrole nitrogens is 1. The summed E-state index contributed by atoms with van der Waals surface area (Å²) in [6, 6.07) is 20.1. The molecule has 0 aliphatic heterocycles. The van der Waals surface area contributed by atoms with E-state index in [-0.39, 0.29) is 5.56 Å². The first-order valence-electron chi connectivity index (χ1n) is 11.6. The summed E-state index contributed by atoms with van der Waals surface area (Å²) in [5, 5.41) is 0.982. The minimum absolute atomic E-state index is 0.233. The van der Waals surface area contributed by atoms with Gasteiger partial charge in [-0.25, -0.2) is 15.0 Å². The van der Waals surface area contributed by atoms with Crippen molar-refractivity contribution >= 4 is 33.0 Å². The van der Waals surface area contributed by atoms with Crippen molar-refractivity contribution in [2.24, 2.45) is 5.73 Å². The number of rotatable bonds is 4. The summed E-state index contributed by atoms with van der Waals surface area (Å²) in [5.41, 5.74) is 14.6. The van der Waals surface area contributed by atoms with Crippen molar-refractivity contribution in [3.8, 4) is 11.3 Å². The Labute approximate surface area is 201 Å². The van der Waals surface area contributed by atoms with Crippen LogP contribution in [0.25, 0.3) is 44.2 Å². The van der Waals surface area contributed by atoms with Crippen LogP contribution in [-0.2, 0) is 13.1 Å². The number of benzene rings is 3. The van der Waals surface area contributed by atoms with Gasteiger partial charge in [0, 0.05) is 35.8 Å². The normalized spacial score (nSPS) is 11.6. The summed E-state index contributed by atoms with van der Waals surface area (Å²) in [5.74, 6) is 0. The maximum absolute atomic E-state index is 13.2. The van der Waals surface area contributed by atoms with E-state index in [1.165, 1.54) is 0 Å². The highest BCUT2D eigenvalue weighted by Gasteiger charge is 2.16. The summed E-state index contributed by atoms with van der Waals surface area (Å²) < 4.78 is 2.16. The molecule has 0 bridgehead atoms. The number of aryl methyl sites for hydroxylation is 2. The van der Waals surface area contributed by atoms with Crippen LogP contribution >= 0.6 is 0 Å². The van der Waals surface area contributed by atoms with Gasteiger partial charge in [0.25, 0.3) is 5.56 Å². The summed E-state index contributed by atoms with van der Waals surface area (Å²) in [6.07, 6.45) is 2.01. The Balaban J connectivity index is 1.51. The predicted octanol–water partition coefficient (Wildman–Crippen LogP) is 4.61. The molecule has 0 aliphatic rings. The smallest absolute Gasteiger partial charge is 0.275 e. The molecule has 3 heterocycles. The SMILES string of the molecule is Cc1nc2cc3nc(-c4cn(Cc5ccc(CN)cc5)c5ccccc45)c(=O)[nH]c3cc2nc1C. The fourth-order valence-corrected chi connectivity index (χ4v) is 4.54. The Bertz CT molecular complexity index is 1800. The van der Waals surface area contributed by atoms with E-state index in [1.807, 2.05) is 62.5 Å². The fourth-order valence-electron chi connectivity index (χ4n) is 4.54. The molecule has 7 heteroatoms. The highest BCUT2D eigenvalue weighted by molar-refractivity contribution is 5.97. The van der Waals surface area contributed by atoms with Crippen molar-refractivity contribution in [3.05, 3.63) is 99.7 Å². The van der Waals surface area contributed by atoms with Crippen LogP contribution in [0.3, 0.4) is 0 Å². The second kappa shape index (κ2) is 8.14. The molecule has 0 fully saturated rings. The van der Waals surface area contributed by atoms with Gasteiger partial charge >= 0.3 is 0 Å². The number of para-hydroxylation sites is 1. The van der Waals surface area contributed by atoms with Crippen molar-refractivity contribution in [2.75, 3.05) is 0 Å². The Kier molecular flexibility index (Phi) is 4.93. The Morgan fingerprint density at radius 1 is 0.857 bits per heavy atom. The molecule has 0 radical (unpaired) electrons. The third-order valence-corrected chi connectivity index (χ3v) is 6.54. The van der Waals surface area contributed by atoms with Crippen molar-refractivity contribution in [2.45, 2.75) is 26.9 Å². The molecule has 6 rings (SSSR count). The number of nitrogens with one attached hydrogen (secondary N) is 1. The monoisotopic (exact) mass is 460 g/mol. The summed E-state index contributed by atoms with van der Waals surface area (Å²) in [6.45, 7) is 5.07. The Morgan fingerprint density at radius 3 is 2.29 bits per heavy atom. The molecule has 0 aliphatic carbocycles. The van der Waals surface area contributed by atoms with Gasteiger partial charge in [0.1, 0.15) is 5.69 Å². The molecule has 3 N–H and O–H groups in total. The average molecular weight is 461 g/mol. The van der Waals surface area contributed by atoms with Crippen molar-refractivity contribution in [1.29, 1.82) is 0 Å². The van der Waals surface area contributed by atoms with Crippen LogP contribution in [0.1, 0.15) is 22.5 Å². The molecule has 3 aromatic heterocycles. The zero-order valence-corrected chi connectivity index (χ0v) is 19.5. The summed E-state index contributed by atoms with van der Waals surface area (Å²) in [4.78, 5) is 30.3. The second-order valence-electron chi connectivity index (χ2n) is 8.88. The number of fused-ring (bicyclic) bond motifs is 3. The van der Waals surface area contributed by atoms with Crippen LogP contribution in [0, 0.1) is 13.8 Å². The molecular weight excluding hydrogens is 436 g/mol. The van der Waals surface area contributed by atoms with E-state index in [0.717, 1.165) is 50.0 Å². The number of aromatic nitrogens is 5. The van der Waals surface area contributed by atoms with Gasteiger partial charge in [0.15, 0.2) is 0 Å². The largest absolute Gasteiger partial charge is 0.342 e. The topological polar surface area (TPSA) is 102 Å². The highest BCUT2D eigenvalue weighted by atomic mass is 16.1. The van der Waals surface area contributed by atoms with Gasteiger partial charge < -0.3 is 15.3 Å². The molecule has 3 aromatic carbocycles. The molecule has 0 unspecified atom stereocenters. The highest BCUT2D eigenvalue weighted by Crippen LogP contribution is 2.29. The maximum atomic E-state index is 13.2. The first-order valence-corrected chi connectivity index (χ1v) is 11.6. The van der Waals surface area contributed by atoms with Crippen LogP contribution in [0.4, 0.5) is 0 Å². The first kappa shape index (κ1) is 21.2. The van der Waals surface area contributed by atoms with Gasteiger partial charge in [-0.3, -0.25) is 4.79 Å². The third kappa shape index (κ3) is 3.66. The fraction of sp³-hybridized carbons (Fsp3) is 0.143. The van der Waals surface area contributed by atoms with Crippen LogP contribution in [0.15, 0.2) is 71.7 Å². The molecule has 172 valence electrons. The summed E-state index contributed by atoms with van der Waals surface area (Å²) >= 11 is 0. The lowest BCUT2D eigenvalue weighted by Gasteiger charge is -2.06. The lowest BCUT2D eigenvalue weighted by atomic mass is 10.1. The van der Waals surface area contributed by atoms with Crippen LogP contribution < -0.4 is 11.3 Å². The summed E-state index contributed by atoms with van der Waals surface area (Å²) in [7, 11) is 0. The maximum Gasteiger partial charge on any atom is 0.275 e. The van der Waals surface area contributed by atoms with Gasteiger partial charge in [-0.05, 0) is 43.2 Å². The number of aromatic amines is 1. The Morgan fingerprint density at radius 2 is 1.54 bits per heavy atom. The van der Waals surface area contributed by atoms with Gasteiger partial charge in [0.05, 0.1) is 33.5 Å². The Hall–Kier alpha value is -4.36. The minimum Gasteiger partial charge on any atom is -0.342 e. The van der Waals surface area contributed by atoms with Gasteiger partial charge in [0.2, 0.25) is 0 Å². The lowest BCUT2D eigenvalue weighted by Crippen LogP contribution is -2.11. The molecule has 0 saturated heterocycles. The van der Waals surface area contributed by atoms with Crippen LogP contribution in [0.5, 0.6) is 0 Å². The molecule has 7 nitrogen and oxygen atoms in total. The molecule has 0 amide bonds. The van der Waals surface area contributed by atoms with Crippen LogP contribution in [0.2, 0.25) is 0 Å². The van der Waals surface area contributed by atoms with E-state index in [0.29, 0.717) is 29.8 Å². The van der Waals surface area contributed by atoms with Crippen molar-refractivity contribution in [1.82, 2.24) is 24.5 Å². The minimum atomic E-state index is -0.233. The van der Waals surface area contributed by atoms with E-state index in [4.69, 9.17) is 10.7 Å². The van der Waals surface area contributed by atoms with E-state index < -0.39 is 0 Å². The van der Waals surface area contributed by atoms with Crippen LogP contribution in [-0.4, -0.2) is 24.5 Å². The number of hydrogen-bond acceptors (Lipinski definition) is 5. The quantitative estimate of drug-likeness (QED) is 0.374. The van der Waals surface area contributed by atoms with Crippen molar-refractivity contribution in [3.63, 3.8) is 0 Å². The van der Waals surface area contributed by atoms with Gasteiger partial charge in [-0.1, -0.05) is 42.5 Å². The zero-order valence-electron chi connectivity index (χ0n) is 19.5. The van der Waals surface area contributed by atoms with E-state index >= 15 is 0 Å². The molecule has 0 saturated carbocycles. The second-order valence-corrected chi connectivity index (χ2v) is 8.88. The predicted molar refractivity (Wildman–Crippen MR) is 139 cm³/mol. The van der Waals surface area contributed by atoms with E-state index in [2.05, 4.69) is 37.7 Å². The number of nitrogens with two attached hydrogens (primary N) is 1. The average Bonchev–Trinajstić information content (AvgIpc) is 3.22. The third-order valence-electron chi connectivity index (χ3n) is 6.54. The standard InChI is InChI=1S/C28H24N6O/c1-16-17(2)31-23-12-25-24(11-22(23)30-16)32-27(28(35)33-25)21-15-34(26-6-4-3-5-20(21)26)14-19-9-7-18(13-29)8-10-19/h3-12,15H,13-14,29H2,1-2H3,(H,33,35). The molecular formula is C28H24N6O. The molecule has 0 atom stereocenters. The van der Waals surface area contributed by atoms with E-state index in [1.54, 1.807) is 0 Å². The molecule has 35 heavy (non-hydrogen) atoms. The molecule has 6 aromatic rings. The number of nitrogens with zero attached hydrogens (tertiary/aromatic N) is 4. The van der Waals surface area contributed by atoms with E-state index in [9.17, 15) is 4.79 Å². The van der Waals surface area contributed by atoms with Crippen molar-refractivity contribution < 1.29 is 0 Å². The molecule has 0 spiro atoms. The zero-order chi connectivity index (χ0) is 24.1. The first-order chi connectivity index (χ1) is 17.0.